The van der Waals surface area contributed by atoms with Crippen LogP contribution in [0.3, 0.4) is 0 Å². The Balaban J connectivity index is 1.36. The molecule has 0 spiro atoms. The molecule has 6 heteroatoms. The molecule has 5 rings (SSSR count). The number of aryl methyl sites for hydroxylation is 1. The highest BCUT2D eigenvalue weighted by atomic mass is 16.4. The van der Waals surface area contributed by atoms with Crippen LogP contribution in [0.25, 0.3) is 11.1 Å². The number of hydrogen-bond acceptors (Lipinski definition) is 4. The normalized spacial score (nSPS) is 13.7. The van der Waals surface area contributed by atoms with E-state index in [-0.39, 0.29) is 11.8 Å². The summed E-state index contributed by atoms with van der Waals surface area (Å²) < 4.78 is 6.10. The maximum absolute atomic E-state index is 13.4. The Bertz CT molecular complexity index is 1440. The Hall–Kier alpha value is -4.45. The Morgan fingerprint density at radius 1 is 0.892 bits per heavy atom. The molecule has 0 aliphatic heterocycles. The first-order chi connectivity index (χ1) is 18.1. The van der Waals surface area contributed by atoms with Crippen LogP contribution in [0, 0.1) is 6.92 Å². The second kappa shape index (κ2) is 10.7. The summed E-state index contributed by atoms with van der Waals surface area (Å²) in [4.78, 5) is 28.0. The molecule has 0 fully saturated rings. The fourth-order valence-corrected chi connectivity index (χ4v) is 4.79. The van der Waals surface area contributed by atoms with Gasteiger partial charge in [0.2, 0.25) is 0 Å². The molecule has 37 heavy (non-hydrogen) atoms. The Labute approximate surface area is 216 Å². The molecule has 0 radical (unpaired) electrons. The summed E-state index contributed by atoms with van der Waals surface area (Å²) >= 11 is 0. The number of amides is 2. The minimum Gasteiger partial charge on any atom is -0.455 e. The van der Waals surface area contributed by atoms with Crippen LogP contribution in [0.4, 0.5) is 5.69 Å². The summed E-state index contributed by atoms with van der Waals surface area (Å²) in [6, 6.07) is 27.1. The first kappa shape index (κ1) is 24.3. The smallest absolute Gasteiger partial charge is 0.294 e. The van der Waals surface area contributed by atoms with E-state index in [2.05, 4.69) is 10.5 Å². The first-order valence-corrected chi connectivity index (χ1v) is 12.6. The molecule has 0 bridgehead atoms. The van der Waals surface area contributed by atoms with E-state index in [1.165, 1.54) is 0 Å². The average Bonchev–Trinajstić information content (AvgIpc) is 3.30. The van der Waals surface area contributed by atoms with Gasteiger partial charge < -0.3 is 9.32 Å². The minimum atomic E-state index is -0.280. The van der Waals surface area contributed by atoms with E-state index in [1.54, 1.807) is 17.0 Å². The molecule has 1 aliphatic carbocycles. The third-order valence-electron chi connectivity index (χ3n) is 6.70. The van der Waals surface area contributed by atoms with E-state index >= 15 is 0 Å². The second-order valence-corrected chi connectivity index (χ2v) is 9.04. The van der Waals surface area contributed by atoms with Crippen molar-refractivity contribution in [2.24, 2.45) is 5.10 Å². The lowest BCUT2D eigenvalue weighted by Crippen LogP contribution is -2.30. The number of rotatable bonds is 6. The van der Waals surface area contributed by atoms with Gasteiger partial charge in [-0.15, -0.1) is 0 Å². The third kappa shape index (κ3) is 4.96. The molecule has 1 aliphatic rings. The van der Waals surface area contributed by atoms with Crippen LogP contribution < -0.4 is 10.3 Å². The van der Waals surface area contributed by atoms with Crippen molar-refractivity contribution in [3.63, 3.8) is 0 Å². The highest BCUT2D eigenvalue weighted by Gasteiger charge is 2.30. The van der Waals surface area contributed by atoms with E-state index in [9.17, 15) is 9.59 Å². The zero-order chi connectivity index (χ0) is 25.8. The molecule has 6 nitrogen and oxygen atoms in total. The lowest BCUT2D eigenvalue weighted by molar-refractivity contribution is 0.0949. The van der Waals surface area contributed by atoms with Crippen molar-refractivity contribution in [2.75, 3.05) is 11.4 Å². The molecule has 0 saturated heterocycles. The van der Waals surface area contributed by atoms with Crippen molar-refractivity contribution in [1.29, 1.82) is 0 Å². The van der Waals surface area contributed by atoms with Gasteiger partial charge in [-0.05, 0) is 62.1 Å². The first-order valence-electron chi connectivity index (χ1n) is 12.6. The van der Waals surface area contributed by atoms with Crippen molar-refractivity contribution in [3.05, 3.63) is 113 Å². The maximum Gasteiger partial charge on any atom is 0.294 e. The number of carbonyl (C=O) groups excluding carboxylic acids is 2. The molecular weight excluding hydrogens is 462 g/mol. The van der Waals surface area contributed by atoms with E-state index in [1.807, 2.05) is 86.6 Å². The third-order valence-corrected chi connectivity index (χ3v) is 6.70. The zero-order valence-corrected chi connectivity index (χ0v) is 21.0. The number of nitrogens with one attached hydrogen (secondary N) is 1. The summed E-state index contributed by atoms with van der Waals surface area (Å²) in [5.74, 6) is 0.616. The predicted octanol–water partition coefficient (Wildman–Crippen LogP) is 6.39. The molecule has 0 atom stereocenters. The average molecular weight is 492 g/mol. The molecule has 0 unspecified atom stereocenters. The van der Waals surface area contributed by atoms with Gasteiger partial charge in [0, 0.05) is 35.3 Å². The standard InChI is InChI=1S/C31H29N3O3/c1-3-34(25-13-8-5-9-14-25)31(36)29-21(2)28-26(15-10-16-27(28)37-29)32-33-30(35)24-19-17-23(18-20-24)22-11-6-4-7-12-22/h4-9,11-14,17-20H,3,10,15-16H2,1-2H3,(H,33,35)/b32-26+. The molecule has 186 valence electrons. The number of hydrogen-bond donors (Lipinski definition) is 1. The predicted molar refractivity (Wildman–Crippen MR) is 146 cm³/mol. The van der Waals surface area contributed by atoms with E-state index in [0.29, 0.717) is 24.3 Å². The van der Waals surface area contributed by atoms with Crippen LogP contribution in [0.5, 0.6) is 0 Å². The van der Waals surface area contributed by atoms with Crippen molar-refractivity contribution in [3.8, 4) is 11.1 Å². The molecule has 1 heterocycles. The van der Waals surface area contributed by atoms with Crippen LogP contribution in [-0.2, 0) is 6.42 Å². The summed E-state index contributed by atoms with van der Waals surface area (Å²) in [5, 5.41) is 4.47. The van der Waals surface area contributed by atoms with Gasteiger partial charge in [-0.3, -0.25) is 9.59 Å². The van der Waals surface area contributed by atoms with Crippen LogP contribution in [0.2, 0.25) is 0 Å². The summed E-state index contributed by atoms with van der Waals surface area (Å²) in [6.45, 7) is 4.35. The second-order valence-electron chi connectivity index (χ2n) is 9.04. The van der Waals surface area contributed by atoms with Gasteiger partial charge >= 0.3 is 0 Å². The van der Waals surface area contributed by atoms with E-state index in [0.717, 1.165) is 52.3 Å². The topological polar surface area (TPSA) is 74.9 Å². The van der Waals surface area contributed by atoms with E-state index < -0.39 is 0 Å². The van der Waals surface area contributed by atoms with Crippen LogP contribution >= 0.6 is 0 Å². The highest BCUT2D eigenvalue weighted by Crippen LogP contribution is 2.31. The highest BCUT2D eigenvalue weighted by molar-refractivity contribution is 6.10. The van der Waals surface area contributed by atoms with Crippen LogP contribution in [0.1, 0.15) is 57.6 Å². The molecule has 4 aromatic rings. The number of para-hydroxylation sites is 1. The molecule has 2 amide bonds. The van der Waals surface area contributed by atoms with Gasteiger partial charge in [0.15, 0.2) is 5.76 Å². The summed E-state index contributed by atoms with van der Waals surface area (Å²) in [5.41, 5.74) is 8.52. The van der Waals surface area contributed by atoms with Crippen LogP contribution in [0.15, 0.2) is 94.4 Å². The van der Waals surface area contributed by atoms with Crippen LogP contribution in [-0.4, -0.2) is 24.1 Å². The lowest BCUT2D eigenvalue weighted by atomic mass is 9.93. The molecule has 0 saturated carbocycles. The van der Waals surface area contributed by atoms with Gasteiger partial charge in [-0.2, -0.15) is 5.10 Å². The fraction of sp³-hybridized carbons (Fsp3) is 0.194. The zero-order valence-electron chi connectivity index (χ0n) is 21.0. The van der Waals surface area contributed by atoms with Gasteiger partial charge in [-0.25, -0.2) is 5.43 Å². The maximum atomic E-state index is 13.4. The number of furan rings is 1. The summed E-state index contributed by atoms with van der Waals surface area (Å²) in [6.07, 6.45) is 2.27. The number of hydrazone groups is 1. The van der Waals surface area contributed by atoms with Crippen molar-refractivity contribution in [1.82, 2.24) is 5.43 Å². The Kier molecular flexibility index (Phi) is 6.99. The number of benzene rings is 3. The van der Waals surface area contributed by atoms with Gasteiger partial charge in [-0.1, -0.05) is 60.7 Å². The Morgan fingerprint density at radius 3 is 2.22 bits per heavy atom. The quantitative estimate of drug-likeness (QED) is 0.318. The fourth-order valence-electron chi connectivity index (χ4n) is 4.79. The van der Waals surface area contributed by atoms with Crippen molar-refractivity contribution in [2.45, 2.75) is 33.1 Å². The van der Waals surface area contributed by atoms with Crippen molar-refractivity contribution < 1.29 is 14.0 Å². The van der Waals surface area contributed by atoms with Gasteiger partial charge in [0.1, 0.15) is 5.76 Å². The number of anilines is 1. The molecule has 1 aromatic heterocycles. The molecular formula is C31H29N3O3. The largest absolute Gasteiger partial charge is 0.455 e. The molecule has 3 aromatic carbocycles. The van der Waals surface area contributed by atoms with Crippen molar-refractivity contribution >= 4 is 23.2 Å². The SMILES string of the molecule is CCN(C(=O)c1oc2c(c1C)/C(=N/NC(=O)c1ccc(-c3ccccc3)cc1)CCC2)c1ccccc1. The summed E-state index contributed by atoms with van der Waals surface area (Å²) in [7, 11) is 0. The van der Waals surface area contributed by atoms with Gasteiger partial charge in [0.25, 0.3) is 11.8 Å². The number of fused-ring (bicyclic) bond motifs is 1. The molecule has 1 N–H and O–H groups in total. The van der Waals surface area contributed by atoms with Gasteiger partial charge in [0.05, 0.1) is 5.71 Å². The van der Waals surface area contributed by atoms with E-state index in [4.69, 9.17) is 4.42 Å². The number of carbonyl (C=O) groups is 2. The Morgan fingerprint density at radius 2 is 1.54 bits per heavy atom. The minimum absolute atomic E-state index is 0.178. The monoisotopic (exact) mass is 491 g/mol. The number of nitrogens with zero attached hydrogens (tertiary/aromatic N) is 2. The lowest BCUT2D eigenvalue weighted by Gasteiger charge is -2.20.